The van der Waals surface area contributed by atoms with Gasteiger partial charge in [-0.3, -0.25) is 9.52 Å². The van der Waals surface area contributed by atoms with Gasteiger partial charge in [0.1, 0.15) is 17.3 Å². The molecule has 15 heteroatoms. The van der Waals surface area contributed by atoms with Crippen LogP contribution in [0.15, 0.2) is 54.7 Å². The molecule has 11 nitrogen and oxygen atoms in total. The first-order valence-electron chi connectivity index (χ1n) is 13.7. The lowest BCUT2D eigenvalue weighted by Gasteiger charge is -2.26. The summed E-state index contributed by atoms with van der Waals surface area (Å²) in [5, 5.41) is 4.79. The molecule has 5 aromatic rings. The summed E-state index contributed by atoms with van der Waals surface area (Å²) in [5.74, 6) is -4.31. The molecule has 1 aliphatic rings. The van der Waals surface area contributed by atoms with E-state index in [1.165, 1.54) is 28.7 Å². The monoisotopic (exact) mass is 640 g/mol. The van der Waals surface area contributed by atoms with Crippen LogP contribution < -0.4 is 15.2 Å². The van der Waals surface area contributed by atoms with Crippen LogP contribution in [-0.4, -0.2) is 59.6 Å². The zero-order chi connectivity index (χ0) is 32.0. The highest BCUT2D eigenvalue weighted by Crippen LogP contribution is 2.32. The number of aromatic amines is 1. The van der Waals surface area contributed by atoms with E-state index in [0.717, 1.165) is 16.8 Å². The van der Waals surface area contributed by atoms with Gasteiger partial charge in [0.05, 0.1) is 36.4 Å². The molecule has 4 N–H and O–H groups in total. The lowest BCUT2D eigenvalue weighted by Crippen LogP contribution is -2.43. The minimum atomic E-state index is -3.81. The SMILES string of the molecule is Cc1cc2cc(C(=O)c3cnn(-c4c(C)cc(Oc5cccc(F)c5F)cc4F)c3N)[nH]c2cc1NS(=O)(=O)N1CCOCC1. The maximum atomic E-state index is 15.3. The molecule has 6 rings (SSSR count). The number of ether oxygens (including phenoxy) is 2. The first kappa shape index (κ1) is 30.2. The molecule has 3 aromatic carbocycles. The molecule has 0 aliphatic carbocycles. The number of ketones is 1. The van der Waals surface area contributed by atoms with Crippen LogP contribution in [0.2, 0.25) is 0 Å². The Labute approximate surface area is 255 Å². The van der Waals surface area contributed by atoms with E-state index in [0.29, 0.717) is 40.9 Å². The molecule has 45 heavy (non-hydrogen) atoms. The fourth-order valence-electron chi connectivity index (χ4n) is 5.10. The van der Waals surface area contributed by atoms with Crippen LogP contribution in [0.1, 0.15) is 27.2 Å². The largest absolute Gasteiger partial charge is 0.454 e. The third-order valence-corrected chi connectivity index (χ3v) is 8.92. The first-order chi connectivity index (χ1) is 21.4. The second-order valence-electron chi connectivity index (χ2n) is 10.5. The van der Waals surface area contributed by atoms with E-state index in [4.69, 9.17) is 15.2 Å². The Balaban J connectivity index is 1.26. The number of nitrogen functional groups attached to an aromatic ring is 1. The molecule has 0 spiro atoms. The molecule has 234 valence electrons. The van der Waals surface area contributed by atoms with Crippen molar-refractivity contribution < 1.29 is 35.9 Å². The predicted molar refractivity (Wildman–Crippen MR) is 161 cm³/mol. The van der Waals surface area contributed by atoms with E-state index in [-0.39, 0.29) is 41.6 Å². The molecular formula is C30H27F3N6O5S. The number of anilines is 2. The highest BCUT2D eigenvalue weighted by Gasteiger charge is 2.26. The molecule has 0 bridgehead atoms. The Morgan fingerprint density at radius 2 is 1.80 bits per heavy atom. The molecular weight excluding hydrogens is 613 g/mol. The summed E-state index contributed by atoms with van der Waals surface area (Å²) in [6, 6.07) is 10.7. The highest BCUT2D eigenvalue weighted by molar-refractivity contribution is 7.90. The topological polar surface area (TPSA) is 145 Å². The second kappa shape index (κ2) is 11.6. The molecule has 2 aromatic heterocycles. The van der Waals surface area contributed by atoms with Crippen molar-refractivity contribution >= 4 is 38.4 Å². The maximum Gasteiger partial charge on any atom is 0.301 e. The van der Waals surface area contributed by atoms with Crippen molar-refractivity contribution in [1.29, 1.82) is 0 Å². The fourth-order valence-corrected chi connectivity index (χ4v) is 6.35. The van der Waals surface area contributed by atoms with Crippen LogP contribution in [0.25, 0.3) is 16.6 Å². The minimum Gasteiger partial charge on any atom is -0.454 e. The summed E-state index contributed by atoms with van der Waals surface area (Å²) < 4.78 is 84.3. The van der Waals surface area contributed by atoms with E-state index >= 15 is 4.39 Å². The number of nitrogens with one attached hydrogen (secondary N) is 2. The average molecular weight is 641 g/mol. The zero-order valence-corrected chi connectivity index (χ0v) is 24.8. The molecule has 1 saturated heterocycles. The minimum absolute atomic E-state index is 0.00696. The van der Waals surface area contributed by atoms with E-state index in [1.54, 1.807) is 32.0 Å². The van der Waals surface area contributed by atoms with Crippen molar-refractivity contribution in [2.75, 3.05) is 36.8 Å². The van der Waals surface area contributed by atoms with Gasteiger partial charge in [-0.1, -0.05) is 6.07 Å². The number of benzene rings is 3. The van der Waals surface area contributed by atoms with Gasteiger partial charge in [0.15, 0.2) is 17.4 Å². The number of morpholine rings is 1. The van der Waals surface area contributed by atoms with Crippen LogP contribution in [0.4, 0.5) is 24.7 Å². The van der Waals surface area contributed by atoms with E-state index in [9.17, 15) is 22.0 Å². The maximum absolute atomic E-state index is 15.3. The predicted octanol–water partition coefficient (Wildman–Crippen LogP) is 4.98. The van der Waals surface area contributed by atoms with Crippen molar-refractivity contribution in [3.05, 3.63) is 94.6 Å². The number of aromatic nitrogens is 3. The number of carbonyl (C=O) groups is 1. The molecule has 0 atom stereocenters. The normalized spacial score (nSPS) is 14.2. The fraction of sp³-hybridized carbons (Fsp3) is 0.200. The number of H-pyrrole nitrogens is 1. The summed E-state index contributed by atoms with van der Waals surface area (Å²) in [6.45, 7) is 4.39. The summed E-state index contributed by atoms with van der Waals surface area (Å²) >= 11 is 0. The number of nitrogens with zero attached hydrogens (tertiary/aromatic N) is 3. The Bertz CT molecular complexity index is 2050. The van der Waals surface area contributed by atoms with E-state index < -0.39 is 39.2 Å². The Hall–Kier alpha value is -4.86. The number of rotatable bonds is 8. The number of aryl methyl sites for hydroxylation is 2. The number of hydrogen-bond donors (Lipinski definition) is 3. The van der Waals surface area contributed by atoms with Crippen LogP contribution in [0, 0.1) is 31.3 Å². The molecule has 1 aliphatic heterocycles. The Kier molecular flexibility index (Phi) is 7.76. The van der Waals surface area contributed by atoms with Gasteiger partial charge in [0.2, 0.25) is 11.6 Å². The molecule has 0 radical (unpaired) electrons. The summed E-state index contributed by atoms with van der Waals surface area (Å²) in [4.78, 5) is 16.5. The van der Waals surface area contributed by atoms with Gasteiger partial charge >= 0.3 is 10.2 Å². The van der Waals surface area contributed by atoms with Gasteiger partial charge in [-0.05, 0) is 61.4 Å². The lowest BCUT2D eigenvalue weighted by molar-refractivity contribution is 0.0733. The number of carbonyl (C=O) groups excluding carboxylic acids is 1. The summed E-state index contributed by atoms with van der Waals surface area (Å²) in [6.07, 6.45) is 1.21. The highest BCUT2D eigenvalue weighted by atomic mass is 32.2. The molecule has 0 saturated carbocycles. The van der Waals surface area contributed by atoms with Crippen molar-refractivity contribution in [2.45, 2.75) is 13.8 Å². The van der Waals surface area contributed by atoms with Crippen molar-refractivity contribution in [3.8, 4) is 17.2 Å². The lowest BCUT2D eigenvalue weighted by atomic mass is 10.1. The number of halogens is 3. The molecule has 0 amide bonds. The Morgan fingerprint density at radius 1 is 1.04 bits per heavy atom. The van der Waals surface area contributed by atoms with Gasteiger partial charge in [0.25, 0.3) is 0 Å². The van der Waals surface area contributed by atoms with Crippen molar-refractivity contribution in [3.63, 3.8) is 0 Å². The third-order valence-electron chi connectivity index (χ3n) is 7.39. The smallest absolute Gasteiger partial charge is 0.301 e. The second-order valence-corrected chi connectivity index (χ2v) is 12.1. The van der Waals surface area contributed by atoms with Crippen LogP contribution in [0.3, 0.4) is 0 Å². The quantitative estimate of drug-likeness (QED) is 0.203. The average Bonchev–Trinajstić information content (AvgIpc) is 3.58. The zero-order valence-electron chi connectivity index (χ0n) is 24.0. The van der Waals surface area contributed by atoms with Crippen LogP contribution >= 0.6 is 0 Å². The Morgan fingerprint density at radius 3 is 2.53 bits per heavy atom. The summed E-state index contributed by atoms with van der Waals surface area (Å²) in [5.41, 5.74) is 8.15. The number of nitrogens with two attached hydrogens (primary N) is 1. The van der Waals surface area contributed by atoms with Gasteiger partial charge in [-0.25, -0.2) is 13.5 Å². The van der Waals surface area contributed by atoms with Gasteiger partial charge in [0, 0.05) is 30.1 Å². The first-order valence-corrected chi connectivity index (χ1v) is 15.2. The van der Waals surface area contributed by atoms with Gasteiger partial charge < -0.3 is 20.2 Å². The third kappa shape index (κ3) is 5.72. The molecule has 0 unspecified atom stereocenters. The standard InChI is InChI=1S/C30H27F3N6O5S/c1-16-10-18-12-25(36-24(18)14-23(16)37-45(41,42)38-6-8-43-9-7-38)29(40)20-15-35-39(30(20)34)28-17(2)11-19(13-22(28)32)44-26-5-3-4-21(31)27(26)33/h3-5,10-15,36-37H,6-9,34H2,1-2H3. The summed E-state index contributed by atoms with van der Waals surface area (Å²) in [7, 11) is -3.81. The van der Waals surface area contributed by atoms with Gasteiger partial charge in [-0.15, -0.1) is 0 Å². The van der Waals surface area contributed by atoms with E-state index in [2.05, 4.69) is 14.8 Å². The molecule has 3 heterocycles. The van der Waals surface area contributed by atoms with Crippen molar-refractivity contribution in [1.82, 2.24) is 19.1 Å². The van der Waals surface area contributed by atoms with Crippen molar-refractivity contribution in [2.24, 2.45) is 0 Å². The van der Waals surface area contributed by atoms with Crippen LogP contribution in [0.5, 0.6) is 11.5 Å². The van der Waals surface area contributed by atoms with E-state index in [1.807, 2.05) is 0 Å². The number of fused-ring (bicyclic) bond motifs is 1. The number of hydrogen-bond acceptors (Lipinski definition) is 7. The van der Waals surface area contributed by atoms with Gasteiger partial charge in [-0.2, -0.15) is 22.2 Å². The van der Waals surface area contributed by atoms with Crippen LogP contribution in [-0.2, 0) is 14.9 Å². The molecule has 1 fully saturated rings.